The molecule has 15 heavy (non-hydrogen) atoms. The van der Waals surface area contributed by atoms with E-state index in [0.29, 0.717) is 5.92 Å². The van der Waals surface area contributed by atoms with E-state index in [0.717, 1.165) is 18.6 Å². The lowest BCUT2D eigenvalue weighted by molar-refractivity contribution is 0.454. The first-order valence-electron chi connectivity index (χ1n) is 5.70. The molecule has 0 unspecified atom stereocenters. The first-order chi connectivity index (χ1) is 7.24. The Morgan fingerprint density at radius 2 is 2.13 bits per heavy atom. The molecule has 0 atom stereocenters. The number of rotatable bonds is 2. The highest BCUT2D eigenvalue weighted by Gasteiger charge is 2.16. The van der Waals surface area contributed by atoms with Crippen molar-refractivity contribution in [3.63, 3.8) is 0 Å². The zero-order valence-electron chi connectivity index (χ0n) is 9.71. The molecule has 0 fully saturated rings. The third kappa shape index (κ3) is 1.79. The van der Waals surface area contributed by atoms with E-state index in [1.165, 1.54) is 16.7 Å². The van der Waals surface area contributed by atoms with Gasteiger partial charge in [0, 0.05) is 5.56 Å². The summed E-state index contributed by atoms with van der Waals surface area (Å²) in [5, 5.41) is 0. The van der Waals surface area contributed by atoms with Crippen molar-refractivity contribution < 1.29 is 4.74 Å². The van der Waals surface area contributed by atoms with Crippen LogP contribution in [0.5, 0.6) is 5.75 Å². The maximum atomic E-state index is 5.68. The van der Waals surface area contributed by atoms with Gasteiger partial charge in [0.1, 0.15) is 5.75 Å². The molecule has 0 aromatic heterocycles. The molecule has 0 N–H and O–H groups in total. The van der Waals surface area contributed by atoms with Crippen molar-refractivity contribution in [3.05, 3.63) is 41.2 Å². The van der Waals surface area contributed by atoms with E-state index in [1.807, 2.05) is 6.26 Å². The first-order valence-corrected chi connectivity index (χ1v) is 5.70. The van der Waals surface area contributed by atoms with Crippen molar-refractivity contribution in [2.75, 3.05) is 0 Å². The molecule has 1 nitrogen and oxygen atoms in total. The second kappa shape index (κ2) is 4.09. The number of aryl methyl sites for hydroxylation is 1. The van der Waals surface area contributed by atoms with Crippen LogP contribution >= 0.6 is 0 Å². The Morgan fingerprint density at radius 3 is 2.80 bits per heavy atom. The molecule has 1 heterocycles. The number of benzene rings is 1. The van der Waals surface area contributed by atoms with E-state index in [1.54, 1.807) is 0 Å². The average Bonchev–Trinajstić information content (AvgIpc) is 2.27. The molecule has 0 aliphatic carbocycles. The second-order valence-corrected chi connectivity index (χ2v) is 4.32. The molecule has 1 aliphatic rings. The molecule has 1 aliphatic heterocycles. The number of ether oxygens (including phenoxy) is 1. The Morgan fingerprint density at radius 1 is 1.33 bits per heavy atom. The minimum Gasteiger partial charge on any atom is -0.465 e. The van der Waals surface area contributed by atoms with Gasteiger partial charge in [-0.3, -0.25) is 0 Å². The predicted molar refractivity (Wildman–Crippen MR) is 63.4 cm³/mol. The molecule has 2 rings (SSSR count). The zero-order valence-corrected chi connectivity index (χ0v) is 9.71. The maximum absolute atomic E-state index is 5.68. The Hall–Kier alpha value is -1.24. The molecule has 1 aromatic rings. The van der Waals surface area contributed by atoms with Crippen LogP contribution in [-0.2, 0) is 12.8 Å². The highest BCUT2D eigenvalue weighted by molar-refractivity contribution is 5.50. The number of hydrogen-bond acceptors (Lipinski definition) is 1. The van der Waals surface area contributed by atoms with E-state index < -0.39 is 0 Å². The third-order valence-electron chi connectivity index (χ3n) is 2.99. The minimum atomic E-state index is 0.524. The normalized spacial score (nSPS) is 13.9. The summed E-state index contributed by atoms with van der Waals surface area (Å²) in [5.74, 6) is 1.63. The van der Waals surface area contributed by atoms with Gasteiger partial charge in [0.25, 0.3) is 0 Å². The van der Waals surface area contributed by atoms with Gasteiger partial charge in [-0.2, -0.15) is 0 Å². The van der Waals surface area contributed by atoms with Gasteiger partial charge in [-0.15, -0.1) is 0 Å². The molecule has 80 valence electrons. The van der Waals surface area contributed by atoms with Crippen molar-refractivity contribution in [1.29, 1.82) is 0 Å². The van der Waals surface area contributed by atoms with Gasteiger partial charge in [0.2, 0.25) is 0 Å². The van der Waals surface area contributed by atoms with Crippen molar-refractivity contribution in [2.45, 2.75) is 39.5 Å². The van der Waals surface area contributed by atoms with E-state index >= 15 is 0 Å². The third-order valence-corrected chi connectivity index (χ3v) is 2.99. The lowest BCUT2D eigenvalue weighted by Gasteiger charge is -2.20. The van der Waals surface area contributed by atoms with Crippen LogP contribution in [0, 0.1) is 0 Å². The monoisotopic (exact) mass is 202 g/mol. The van der Waals surface area contributed by atoms with E-state index in [-0.39, 0.29) is 0 Å². The summed E-state index contributed by atoms with van der Waals surface area (Å²) < 4.78 is 5.68. The molecule has 1 heteroatoms. The standard InChI is InChI=1S/C14H18O/c1-4-11-7-8-12(10(2)3)14-13(11)6-5-9-15-14/h5,7-10H,4,6H2,1-3H3. The zero-order chi connectivity index (χ0) is 10.8. The van der Waals surface area contributed by atoms with Gasteiger partial charge in [-0.25, -0.2) is 0 Å². The molecule has 0 amide bonds. The fourth-order valence-corrected chi connectivity index (χ4v) is 2.12. The highest BCUT2D eigenvalue weighted by Crippen LogP contribution is 2.35. The van der Waals surface area contributed by atoms with Gasteiger partial charge < -0.3 is 4.74 Å². The largest absolute Gasteiger partial charge is 0.465 e. The first kappa shape index (κ1) is 10.3. The Bertz CT molecular complexity index is 389. The summed E-state index contributed by atoms with van der Waals surface area (Å²) in [6.07, 6.45) is 6.00. The van der Waals surface area contributed by atoms with E-state index in [2.05, 4.69) is 39.0 Å². The summed E-state index contributed by atoms with van der Waals surface area (Å²) in [6.45, 7) is 6.62. The quantitative estimate of drug-likeness (QED) is 0.708. The molecule has 0 bridgehead atoms. The maximum Gasteiger partial charge on any atom is 0.133 e. The number of fused-ring (bicyclic) bond motifs is 1. The summed E-state index contributed by atoms with van der Waals surface area (Å²) in [5.41, 5.74) is 4.12. The minimum absolute atomic E-state index is 0.524. The fourth-order valence-electron chi connectivity index (χ4n) is 2.12. The number of hydrogen-bond donors (Lipinski definition) is 0. The van der Waals surface area contributed by atoms with Gasteiger partial charge in [0.05, 0.1) is 6.26 Å². The van der Waals surface area contributed by atoms with Crippen molar-refractivity contribution in [2.24, 2.45) is 0 Å². The van der Waals surface area contributed by atoms with Gasteiger partial charge in [-0.1, -0.05) is 32.9 Å². The van der Waals surface area contributed by atoms with Crippen LogP contribution in [0.4, 0.5) is 0 Å². The molecular formula is C14H18O. The predicted octanol–water partition coefficient (Wildman–Crippen LogP) is 3.82. The van der Waals surface area contributed by atoms with Crippen molar-refractivity contribution >= 4 is 0 Å². The van der Waals surface area contributed by atoms with E-state index in [9.17, 15) is 0 Å². The smallest absolute Gasteiger partial charge is 0.133 e. The molecule has 0 saturated carbocycles. The highest BCUT2D eigenvalue weighted by atomic mass is 16.5. The van der Waals surface area contributed by atoms with Crippen LogP contribution in [0.2, 0.25) is 0 Å². The van der Waals surface area contributed by atoms with Gasteiger partial charge >= 0.3 is 0 Å². The summed E-state index contributed by atoms with van der Waals surface area (Å²) >= 11 is 0. The molecule has 0 spiro atoms. The number of allylic oxidation sites excluding steroid dienone is 1. The van der Waals surface area contributed by atoms with Crippen LogP contribution in [0.1, 0.15) is 43.4 Å². The molecule has 0 saturated heterocycles. The van der Waals surface area contributed by atoms with Crippen LogP contribution in [0.25, 0.3) is 0 Å². The average molecular weight is 202 g/mol. The molecular weight excluding hydrogens is 184 g/mol. The fraction of sp³-hybridized carbons (Fsp3) is 0.429. The molecule has 0 radical (unpaired) electrons. The second-order valence-electron chi connectivity index (χ2n) is 4.32. The van der Waals surface area contributed by atoms with Crippen molar-refractivity contribution in [3.8, 4) is 5.75 Å². The van der Waals surface area contributed by atoms with Crippen LogP contribution in [-0.4, -0.2) is 0 Å². The summed E-state index contributed by atoms with van der Waals surface area (Å²) in [4.78, 5) is 0. The SMILES string of the molecule is CCc1ccc(C(C)C)c2c1CC=CO2. The lowest BCUT2D eigenvalue weighted by Crippen LogP contribution is -2.05. The topological polar surface area (TPSA) is 9.23 Å². The lowest BCUT2D eigenvalue weighted by atomic mass is 9.92. The summed E-state index contributed by atoms with van der Waals surface area (Å²) in [7, 11) is 0. The Balaban J connectivity index is 2.55. The van der Waals surface area contributed by atoms with Gasteiger partial charge in [0.15, 0.2) is 0 Å². The molecule has 1 aromatic carbocycles. The van der Waals surface area contributed by atoms with Crippen molar-refractivity contribution in [1.82, 2.24) is 0 Å². The summed E-state index contributed by atoms with van der Waals surface area (Å²) in [6, 6.07) is 4.46. The van der Waals surface area contributed by atoms with Crippen LogP contribution in [0.15, 0.2) is 24.5 Å². The van der Waals surface area contributed by atoms with Crippen LogP contribution < -0.4 is 4.74 Å². The Kier molecular flexibility index (Phi) is 2.81. The van der Waals surface area contributed by atoms with Crippen LogP contribution in [0.3, 0.4) is 0 Å². The van der Waals surface area contributed by atoms with Gasteiger partial charge in [-0.05, 0) is 36.0 Å². The van der Waals surface area contributed by atoms with E-state index in [4.69, 9.17) is 4.74 Å². The Labute approximate surface area is 91.8 Å².